The lowest BCUT2D eigenvalue weighted by Crippen LogP contribution is -2.13. The standard InChI is InChI=1S/C26H31N3O/c1-5-22-25(21-15-19-13-10-14-20(19)16-24(21)30-4)28-23(6-2)26(29-22)27-17(3)18-11-8-7-9-12-18/h7-9,11-12,15-17H,5-6,10,13-14H2,1-4H3,(H,27,29)/t17-/m0/s1. The van der Waals surface area contributed by atoms with Gasteiger partial charge in [-0.15, -0.1) is 0 Å². The highest BCUT2D eigenvalue weighted by Crippen LogP contribution is 2.37. The molecule has 0 saturated carbocycles. The maximum absolute atomic E-state index is 5.77. The van der Waals surface area contributed by atoms with Crippen molar-refractivity contribution in [2.24, 2.45) is 0 Å². The molecule has 0 aliphatic heterocycles. The summed E-state index contributed by atoms with van der Waals surface area (Å²) in [5.74, 6) is 1.79. The normalized spacial score (nSPS) is 13.7. The zero-order valence-corrected chi connectivity index (χ0v) is 18.5. The fourth-order valence-corrected chi connectivity index (χ4v) is 4.31. The van der Waals surface area contributed by atoms with E-state index in [1.165, 1.54) is 23.1 Å². The Morgan fingerprint density at radius 2 is 1.67 bits per heavy atom. The van der Waals surface area contributed by atoms with Crippen LogP contribution in [0.4, 0.5) is 5.82 Å². The fourth-order valence-electron chi connectivity index (χ4n) is 4.31. The Morgan fingerprint density at radius 1 is 0.967 bits per heavy atom. The van der Waals surface area contributed by atoms with Gasteiger partial charge in [0, 0.05) is 5.56 Å². The Morgan fingerprint density at radius 3 is 2.33 bits per heavy atom. The first-order valence-electron chi connectivity index (χ1n) is 11.1. The largest absolute Gasteiger partial charge is 0.496 e. The average molecular weight is 402 g/mol. The van der Waals surface area contributed by atoms with E-state index in [-0.39, 0.29) is 6.04 Å². The predicted octanol–water partition coefficient (Wildman–Crippen LogP) is 5.94. The third-order valence-corrected chi connectivity index (χ3v) is 6.03. The highest BCUT2D eigenvalue weighted by molar-refractivity contribution is 5.72. The molecule has 0 fully saturated rings. The molecule has 1 aliphatic rings. The summed E-state index contributed by atoms with van der Waals surface area (Å²) in [4.78, 5) is 10.2. The van der Waals surface area contributed by atoms with Crippen molar-refractivity contribution in [3.05, 3.63) is 70.5 Å². The van der Waals surface area contributed by atoms with Crippen molar-refractivity contribution in [3.63, 3.8) is 0 Å². The molecule has 0 amide bonds. The summed E-state index contributed by atoms with van der Waals surface area (Å²) in [6.07, 6.45) is 5.13. The van der Waals surface area contributed by atoms with E-state index in [1.807, 2.05) is 6.07 Å². The lowest BCUT2D eigenvalue weighted by molar-refractivity contribution is 0.415. The SMILES string of the molecule is CCc1nc(-c2cc3c(cc2OC)CCC3)c(CC)nc1N[C@@H](C)c1ccccc1. The van der Waals surface area contributed by atoms with Crippen LogP contribution in [0.3, 0.4) is 0 Å². The van der Waals surface area contributed by atoms with Crippen LogP contribution in [0, 0.1) is 0 Å². The third-order valence-electron chi connectivity index (χ3n) is 6.03. The van der Waals surface area contributed by atoms with Gasteiger partial charge in [-0.05, 0) is 67.9 Å². The van der Waals surface area contributed by atoms with E-state index in [2.05, 4.69) is 62.5 Å². The second-order valence-electron chi connectivity index (χ2n) is 7.97. The number of rotatable bonds is 7. The monoisotopic (exact) mass is 401 g/mol. The summed E-state index contributed by atoms with van der Waals surface area (Å²) in [7, 11) is 1.75. The molecule has 1 aromatic heterocycles. The molecular weight excluding hydrogens is 370 g/mol. The molecule has 156 valence electrons. The maximum atomic E-state index is 5.77. The second kappa shape index (κ2) is 8.86. The molecule has 4 nitrogen and oxygen atoms in total. The number of fused-ring (bicyclic) bond motifs is 1. The molecular formula is C26H31N3O. The molecule has 1 aliphatic carbocycles. The number of nitrogens with one attached hydrogen (secondary N) is 1. The van der Waals surface area contributed by atoms with Gasteiger partial charge in [-0.2, -0.15) is 0 Å². The quantitative estimate of drug-likeness (QED) is 0.532. The van der Waals surface area contributed by atoms with Gasteiger partial charge in [-0.25, -0.2) is 9.97 Å². The average Bonchev–Trinajstić information content (AvgIpc) is 3.25. The van der Waals surface area contributed by atoms with Gasteiger partial charge < -0.3 is 10.1 Å². The highest BCUT2D eigenvalue weighted by Gasteiger charge is 2.21. The van der Waals surface area contributed by atoms with Gasteiger partial charge in [-0.1, -0.05) is 44.2 Å². The van der Waals surface area contributed by atoms with Crippen molar-refractivity contribution >= 4 is 5.82 Å². The number of methoxy groups -OCH3 is 1. The number of aromatic nitrogens is 2. The number of anilines is 1. The lowest BCUT2D eigenvalue weighted by Gasteiger charge is -2.20. The number of hydrogen-bond donors (Lipinski definition) is 1. The van der Waals surface area contributed by atoms with Crippen LogP contribution in [-0.2, 0) is 25.7 Å². The summed E-state index contributed by atoms with van der Waals surface area (Å²) in [6, 6.07) is 15.1. The first-order valence-corrected chi connectivity index (χ1v) is 11.1. The Bertz CT molecular complexity index is 1030. The molecule has 1 atom stereocenters. The molecule has 0 radical (unpaired) electrons. The minimum Gasteiger partial charge on any atom is -0.496 e. The van der Waals surface area contributed by atoms with E-state index in [0.29, 0.717) is 0 Å². The zero-order chi connectivity index (χ0) is 21.1. The van der Waals surface area contributed by atoms with Crippen LogP contribution in [0.2, 0.25) is 0 Å². The van der Waals surface area contributed by atoms with E-state index in [1.54, 1.807) is 7.11 Å². The van der Waals surface area contributed by atoms with Gasteiger partial charge >= 0.3 is 0 Å². The summed E-state index contributed by atoms with van der Waals surface area (Å²) in [5.41, 5.74) is 8.10. The Balaban J connectivity index is 1.76. The molecule has 0 unspecified atom stereocenters. The van der Waals surface area contributed by atoms with Gasteiger partial charge in [-0.3, -0.25) is 0 Å². The highest BCUT2D eigenvalue weighted by atomic mass is 16.5. The molecule has 3 aromatic rings. The van der Waals surface area contributed by atoms with E-state index in [0.717, 1.165) is 59.9 Å². The molecule has 0 saturated heterocycles. The molecule has 30 heavy (non-hydrogen) atoms. The third kappa shape index (κ3) is 3.91. The zero-order valence-electron chi connectivity index (χ0n) is 18.5. The predicted molar refractivity (Wildman–Crippen MR) is 123 cm³/mol. The van der Waals surface area contributed by atoms with Crippen molar-refractivity contribution in [2.75, 3.05) is 12.4 Å². The first kappa shape index (κ1) is 20.4. The van der Waals surface area contributed by atoms with Crippen LogP contribution in [0.15, 0.2) is 42.5 Å². The van der Waals surface area contributed by atoms with Gasteiger partial charge in [0.1, 0.15) is 11.6 Å². The van der Waals surface area contributed by atoms with Gasteiger partial charge in [0.15, 0.2) is 0 Å². The van der Waals surface area contributed by atoms with Crippen molar-refractivity contribution in [1.29, 1.82) is 0 Å². The Labute approximate surface area is 179 Å². The molecule has 0 bridgehead atoms. The van der Waals surface area contributed by atoms with Crippen LogP contribution < -0.4 is 10.1 Å². The van der Waals surface area contributed by atoms with Crippen LogP contribution >= 0.6 is 0 Å². The van der Waals surface area contributed by atoms with Crippen LogP contribution in [0.5, 0.6) is 5.75 Å². The number of hydrogen-bond acceptors (Lipinski definition) is 4. The summed E-state index contributed by atoms with van der Waals surface area (Å²) in [5, 5.41) is 3.60. The number of benzene rings is 2. The van der Waals surface area contributed by atoms with Crippen molar-refractivity contribution in [1.82, 2.24) is 9.97 Å². The summed E-state index contributed by atoms with van der Waals surface area (Å²) in [6.45, 7) is 6.45. The van der Waals surface area contributed by atoms with Crippen molar-refractivity contribution in [3.8, 4) is 17.0 Å². The van der Waals surface area contributed by atoms with E-state index < -0.39 is 0 Å². The topological polar surface area (TPSA) is 47.0 Å². The smallest absolute Gasteiger partial charge is 0.148 e. The lowest BCUT2D eigenvalue weighted by atomic mass is 10.0. The van der Waals surface area contributed by atoms with E-state index in [9.17, 15) is 0 Å². The number of ether oxygens (including phenoxy) is 1. The molecule has 4 heteroatoms. The van der Waals surface area contributed by atoms with Crippen molar-refractivity contribution < 1.29 is 4.74 Å². The van der Waals surface area contributed by atoms with E-state index >= 15 is 0 Å². The van der Waals surface area contributed by atoms with Gasteiger partial charge in [0.05, 0.1) is 30.2 Å². The van der Waals surface area contributed by atoms with Gasteiger partial charge in [0.25, 0.3) is 0 Å². The van der Waals surface area contributed by atoms with Crippen molar-refractivity contribution in [2.45, 2.75) is 58.9 Å². The Kier molecular flexibility index (Phi) is 6.03. The van der Waals surface area contributed by atoms with Crippen LogP contribution in [0.1, 0.15) is 61.3 Å². The van der Waals surface area contributed by atoms with Crippen LogP contribution in [0.25, 0.3) is 11.3 Å². The minimum absolute atomic E-state index is 0.163. The second-order valence-corrected chi connectivity index (χ2v) is 7.97. The number of nitrogens with zero attached hydrogens (tertiary/aromatic N) is 2. The summed E-state index contributed by atoms with van der Waals surface area (Å²) < 4.78 is 5.77. The molecule has 2 aromatic carbocycles. The number of aryl methyl sites for hydroxylation is 4. The first-order chi connectivity index (χ1) is 14.6. The fraction of sp³-hybridized carbons (Fsp3) is 0.385. The molecule has 4 rings (SSSR count). The van der Waals surface area contributed by atoms with E-state index in [4.69, 9.17) is 14.7 Å². The maximum Gasteiger partial charge on any atom is 0.148 e. The minimum atomic E-state index is 0.163. The van der Waals surface area contributed by atoms with Crippen LogP contribution in [-0.4, -0.2) is 17.1 Å². The molecule has 1 N–H and O–H groups in total. The summed E-state index contributed by atoms with van der Waals surface area (Å²) >= 11 is 0. The molecule has 0 spiro atoms. The Hall–Kier alpha value is -2.88. The van der Waals surface area contributed by atoms with Gasteiger partial charge in [0.2, 0.25) is 0 Å². The molecule has 1 heterocycles.